The Kier molecular flexibility index (Phi) is 5.76. The SMILES string of the molecule is CCOc1ccc(S(=O)(=O)N2CCC(Oc3cncc(OC)n3)C2)cc1F. The van der Waals surface area contributed by atoms with Crippen LogP contribution in [0.1, 0.15) is 13.3 Å². The zero-order valence-corrected chi connectivity index (χ0v) is 15.8. The zero-order chi connectivity index (χ0) is 19.4. The van der Waals surface area contributed by atoms with Crippen molar-refractivity contribution in [1.82, 2.24) is 14.3 Å². The van der Waals surface area contributed by atoms with E-state index in [0.717, 1.165) is 6.07 Å². The molecular weight excluding hydrogens is 377 g/mol. The highest BCUT2D eigenvalue weighted by Gasteiger charge is 2.34. The van der Waals surface area contributed by atoms with E-state index in [1.165, 1.54) is 35.9 Å². The number of benzene rings is 1. The standard InChI is InChI=1S/C17H20FN3O5S/c1-3-25-15-5-4-13(8-14(15)18)27(22,23)21-7-6-12(11-21)26-17-10-19-9-16(20-17)24-2/h4-5,8-10,12H,3,6-7,11H2,1-2H3. The van der Waals surface area contributed by atoms with Crippen molar-refractivity contribution < 1.29 is 27.0 Å². The Morgan fingerprint density at radius 3 is 2.78 bits per heavy atom. The van der Waals surface area contributed by atoms with Crippen LogP contribution in [0.4, 0.5) is 4.39 Å². The summed E-state index contributed by atoms with van der Waals surface area (Å²) in [5.74, 6) is -0.127. The van der Waals surface area contributed by atoms with Gasteiger partial charge >= 0.3 is 0 Å². The zero-order valence-electron chi connectivity index (χ0n) is 15.0. The van der Waals surface area contributed by atoms with Gasteiger partial charge in [-0.3, -0.25) is 4.98 Å². The van der Waals surface area contributed by atoms with E-state index in [2.05, 4.69) is 9.97 Å². The normalized spacial score (nSPS) is 17.7. The minimum absolute atomic E-state index is 0.0238. The molecule has 1 aromatic carbocycles. The summed E-state index contributed by atoms with van der Waals surface area (Å²) in [6.07, 6.45) is 2.98. The van der Waals surface area contributed by atoms with Crippen molar-refractivity contribution in [3.63, 3.8) is 0 Å². The van der Waals surface area contributed by atoms with Gasteiger partial charge in [-0.1, -0.05) is 0 Å². The van der Waals surface area contributed by atoms with E-state index in [-0.39, 0.29) is 35.7 Å². The van der Waals surface area contributed by atoms with Crippen LogP contribution in [0.15, 0.2) is 35.5 Å². The maximum absolute atomic E-state index is 14.0. The minimum atomic E-state index is -3.83. The van der Waals surface area contributed by atoms with Crippen molar-refractivity contribution in [3.8, 4) is 17.5 Å². The topological polar surface area (TPSA) is 90.9 Å². The molecule has 146 valence electrons. The number of rotatable bonds is 7. The van der Waals surface area contributed by atoms with Gasteiger partial charge in [0.25, 0.3) is 0 Å². The fourth-order valence-corrected chi connectivity index (χ4v) is 4.23. The first-order valence-electron chi connectivity index (χ1n) is 8.39. The van der Waals surface area contributed by atoms with Gasteiger partial charge in [-0.2, -0.15) is 9.29 Å². The smallest absolute Gasteiger partial charge is 0.243 e. The third kappa shape index (κ3) is 4.28. The average Bonchev–Trinajstić information content (AvgIpc) is 3.13. The quantitative estimate of drug-likeness (QED) is 0.704. The van der Waals surface area contributed by atoms with Gasteiger partial charge in [0.2, 0.25) is 21.8 Å². The van der Waals surface area contributed by atoms with Crippen molar-refractivity contribution >= 4 is 10.0 Å². The summed E-state index contributed by atoms with van der Waals surface area (Å²) in [5.41, 5.74) is 0. The minimum Gasteiger partial charge on any atom is -0.491 e. The predicted octanol–water partition coefficient (Wildman–Crippen LogP) is 1.86. The van der Waals surface area contributed by atoms with Crippen LogP contribution in [0, 0.1) is 5.82 Å². The predicted molar refractivity (Wildman–Crippen MR) is 93.9 cm³/mol. The van der Waals surface area contributed by atoms with Crippen LogP contribution < -0.4 is 14.2 Å². The van der Waals surface area contributed by atoms with Gasteiger partial charge in [-0.25, -0.2) is 12.8 Å². The highest BCUT2D eigenvalue weighted by atomic mass is 32.2. The number of methoxy groups -OCH3 is 1. The van der Waals surface area contributed by atoms with Gasteiger partial charge in [0.15, 0.2) is 11.6 Å². The Labute approximate surface area is 157 Å². The largest absolute Gasteiger partial charge is 0.491 e. The van der Waals surface area contributed by atoms with Crippen LogP contribution in [-0.4, -0.2) is 55.6 Å². The van der Waals surface area contributed by atoms with Gasteiger partial charge in [0.1, 0.15) is 6.10 Å². The van der Waals surface area contributed by atoms with Crippen molar-refractivity contribution in [2.45, 2.75) is 24.3 Å². The molecule has 1 aliphatic heterocycles. The second-order valence-corrected chi connectivity index (χ2v) is 7.75. The van der Waals surface area contributed by atoms with Crippen LogP contribution in [-0.2, 0) is 10.0 Å². The molecule has 0 amide bonds. The van der Waals surface area contributed by atoms with E-state index in [4.69, 9.17) is 14.2 Å². The molecule has 3 rings (SSSR count). The van der Waals surface area contributed by atoms with Crippen LogP contribution in [0.3, 0.4) is 0 Å². The maximum atomic E-state index is 14.0. The van der Waals surface area contributed by atoms with Gasteiger partial charge in [0, 0.05) is 6.54 Å². The van der Waals surface area contributed by atoms with Crippen molar-refractivity contribution in [3.05, 3.63) is 36.4 Å². The van der Waals surface area contributed by atoms with E-state index < -0.39 is 15.8 Å². The lowest BCUT2D eigenvalue weighted by atomic mass is 10.3. The molecule has 2 aromatic rings. The first-order chi connectivity index (χ1) is 12.9. The van der Waals surface area contributed by atoms with Crippen LogP contribution >= 0.6 is 0 Å². The number of hydrogen-bond donors (Lipinski definition) is 0. The summed E-state index contributed by atoms with van der Waals surface area (Å²) >= 11 is 0. The number of nitrogens with zero attached hydrogens (tertiary/aromatic N) is 3. The van der Waals surface area contributed by atoms with Crippen molar-refractivity contribution in [2.24, 2.45) is 0 Å². The number of halogens is 1. The fraction of sp³-hybridized carbons (Fsp3) is 0.412. The molecule has 0 saturated carbocycles. The van der Waals surface area contributed by atoms with Crippen LogP contribution in [0.2, 0.25) is 0 Å². The molecule has 1 fully saturated rings. The molecule has 0 aliphatic carbocycles. The van der Waals surface area contributed by atoms with E-state index in [1.54, 1.807) is 6.92 Å². The molecule has 0 radical (unpaired) electrons. The number of aromatic nitrogens is 2. The van der Waals surface area contributed by atoms with E-state index in [1.807, 2.05) is 0 Å². The molecule has 27 heavy (non-hydrogen) atoms. The highest BCUT2D eigenvalue weighted by molar-refractivity contribution is 7.89. The lowest BCUT2D eigenvalue weighted by Crippen LogP contribution is -2.31. The average molecular weight is 397 g/mol. The Morgan fingerprint density at radius 1 is 1.30 bits per heavy atom. The summed E-state index contributed by atoms with van der Waals surface area (Å²) in [6.45, 7) is 2.41. The number of ether oxygens (including phenoxy) is 3. The number of sulfonamides is 1. The Morgan fingerprint density at radius 2 is 2.07 bits per heavy atom. The van der Waals surface area contributed by atoms with Gasteiger partial charge in [-0.05, 0) is 31.5 Å². The summed E-state index contributed by atoms with van der Waals surface area (Å²) < 4.78 is 56.6. The molecule has 0 bridgehead atoms. The first kappa shape index (κ1) is 19.3. The van der Waals surface area contributed by atoms with E-state index in [9.17, 15) is 12.8 Å². The molecule has 1 atom stereocenters. The Balaban J connectivity index is 1.70. The Bertz CT molecular complexity index is 909. The van der Waals surface area contributed by atoms with Gasteiger partial charge < -0.3 is 14.2 Å². The second-order valence-electron chi connectivity index (χ2n) is 5.82. The van der Waals surface area contributed by atoms with Crippen molar-refractivity contribution in [1.29, 1.82) is 0 Å². The molecule has 1 aliphatic rings. The van der Waals surface area contributed by atoms with E-state index in [0.29, 0.717) is 18.9 Å². The van der Waals surface area contributed by atoms with Gasteiger partial charge in [-0.15, -0.1) is 0 Å². The lowest BCUT2D eigenvalue weighted by Gasteiger charge is -2.17. The molecule has 8 nitrogen and oxygen atoms in total. The molecule has 1 unspecified atom stereocenters. The lowest BCUT2D eigenvalue weighted by molar-refractivity contribution is 0.203. The van der Waals surface area contributed by atoms with Crippen LogP contribution in [0.25, 0.3) is 0 Å². The molecule has 1 aromatic heterocycles. The van der Waals surface area contributed by atoms with E-state index >= 15 is 0 Å². The number of hydrogen-bond acceptors (Lipinski definition) is 7. The molecular formula is C17H20FN3O5S. The van der Waals surface area contributed by atoms with Gasteiger partial charge in [0.05, 0.1) is 37.6 Å². The maximum Gasteiger partial charge on any atom is 0.243 e. The third-order valence-electron chi connectivity index (χ3n) is 4.04. The summed E-state index contributed by atoms with van der Waals surface area (Å²) in [6, 6.07) is 3.63. The van der Waals surface area contributed by atoms with Crippen molar-refractivity contribution in [2.75, 3.05) is 26.8 Å². The summed E-state index contributed by atoms with van der Waals surface area (Å²) in [7, 11) is -2.37. The molecule has 10 heteroatoms. The third-order valence-corrected chi connectivity index (χ3v) is 5.90. The summed E-state index contributed by atoms with van der Waals surface area (Å²) in [4.78, 5) is 7.93. The summed E-state index contributed by atoms with van der Waals surface area (Å²) in [5, 5.41) is 0. The molecule has 0 spiro atoms. The Hall–Kier alpha value is -2.46. The molecule has 2 heterocycles. The first-order valence-corrected chi connectivity index (χ1v) is 9.83. The molecule has 0 N–H and O–H groups in total. The monoisotopic (exact) mass is 397 g/mol. The second kappa shape index (κ2) is 8.05. The highest BCUT2D eigenvalue weighted by Crippen LogP contribution is 2.27. The van der Waals surface area contributed by atoms with Crippen LogP contribution in [0.5, 0.6) is 17.5 Å². The fourth-order valence-electron chi connectivity index (χ4n) is 2.73. The molecule has 1 saturated heterocycles.